The van der Waals surface area contributed by atoms with Crippen molar-refractivity contribution in [2.45, 2.75) is 12.8 Å². The highest BCUT2D eigenvalue weighted by atomic mass is 16.3. The van der Waals surface area contributed by atoms with Gasteiger partial charge in [0.1, 0.15) is 11.2 Å². The molecule has 51 heavy (non-hydrogen) atoms. The van der Waals surface area contributed by atoms with Gasteiger partial charge in [0.2, 0.25) is 0 Å². The largest absolute Gasteiger partial charge is 0.456 e. The zero-order chi connectivity index (χ0) is 34.0. The van der Waals surface area contributed by atoms with E-state index in [2.05, 4.69) is 78.9 Å². The third-order valence-electron chi connectivity index (χ3n) is 9.25. The first-order chi connectivity index (χ1) is 25.3. The van der Waals surface area contributed by atoms with Crippen molar-refractivity contribution < 1.29 is 4.42 Å². The van der Waals surface area contributed by atoms with Crippen molar-refractivity contribution in [3.63, 3.8) is 0 Å². The second-order valence-electron chi connectivity index (χ2n) is 12.6. The first kappa shape index (κ1) is 30.3. The maximum absolute atomic E-state index is 6.46. The molecule has 5 heteroatoms. The summed E-state index contributed by atoms with van der Waals surface area (Å²) < 4.78 is 6.46. The zero-order valence-electron chi connectivity index (χ0n) is 27.8. The second kappa shape index (κ2) is 13.3. The number of rotatable bonds is 6. The van der Waals surface area contributed by atoms with Crippen LogP contribution in [0.2, 0.25) is 0 Å². The Morgan fingerprint density at radius 2 is 1.04 bits per heavy atom. The average molecular weight is 657 g/mol. The molecule has 242 valence electrons. The SMILES string of the molecule is C1=C(c2ccccc2)CCC=C(c2cccc3oc4ccc(-c5nc(-c6ccccc6)nc(-c6ccccc6)n5)cc4c23)N=C1c1ccccc1. The molecule has 8 aromatic rings. The first-order valence-corrected chi connectivity index (χ1v) is 17.2. The molecule has 0 fully saturated rings. The van der Waals surface area contributed by atoms with Crippen LogP contribution in [0.3, 0.4) is 0 Å². The molecule has 0 saturated carbocycles. The van der Waals surface area contributed by atoms with Crippen molar-refractivity contribution in [1.82, 2.24) is 15.0 Å². The van der Waals surface area contributed by atoms with Crippen LogP contribution in [0.1, 0.15) is 29.5 Å². The highest BCUT2D eigenvalue weighted by Crippen LogP contribution is 2.38. The molecule has 1 aliphatic heterocycles. The standard InChI is InChI=1S/C46H32N4O/c1-5-15-31(16-6-1)35-23-13-25-39(47-40(30-35)32-17-7-2-8-18-32)37-24-14-26-42-43(37)38-29-36(27-28-41(38)51-42)46-49-44(33-19-9-3-10-20-33)48-45(50-46)34-21-11-4-12-22-34/h1-12,14-22,24-30H,13,23H2. The predicted molar refractivity (Wildman–Crippen MR) is 208 cm³/mol. The van der Waals surface area contributed by atoms with Crippen LogP contribution in [0.15, 0.2) is 179 Å². The van der Waals surface area contributed by atoms with Gasteiger partial charge >= 0.3 is 0 Å². The van der Waals surface area contributed by atoms with Crippen molar-refractivity contribution in [2.24, 2.45) is 4.99 Å². The van der Waals surface area contributed by atoms with E-state index in [-0.39, 0.29) is 0 Å². The Hall–Kier alpha value is -6.72. The Balaban J connectivity index is 1.20. The van der Waals surface area contributed by atoms with E-state index in [0.29, 0.717) is 17.5 Å². The van der Waals surface area contributed by atoms with Gasteiger partial charge < -0.3 is 4.42 Å². The molecule has 0 bridgehead atoms. The molecule has 5 nitrogen and oxygen atoms in total. The highest BCUT2D eigenvalue weighted by Gasteiger charge is 2.19. The topological polar surface area (TPSA) is 64.2 Å². The summed E-state index contributed by atoms with van der Waals surface area (Å²) in [4.78, 5) is 20.2. The van der Waals surface area contributed by atoms with E-state index < -0.39 is 0 Å². The smallest absolute Gasteiger partial charge is 0.164 e. The summed E-state index contributed by atoms with van der Waals surface area (Å²) in [5, 5.41) is 2.01. The molecule has 3 heterocycles. The van der Waals surface area contributed by atoms with Crippen molar-refractivity contribution in [1.29, 1.82) is 0 Å². The normalized spacial score (nSPS) is 13.3. The van der Waals surface area contributed by atoms with Gasteiger partial charge in [0.15, 0.2) is 17.5 Å². The van der Waals surface area contributed by atoms with Crippen LogP contribution in [0.25, 0.3) is 67.4 Å². The monoisotopic (exact) mass is 656 g/mol. The molecule has 6 aromatic carbocycles. The van der Waals surface area contributed by atoms with Crippen LogP contribution in [-0.4, -0.2) is 20.7 Å². The number of fused-ring (bicyclic) bond motifs is 3. The van der Waals surface area contributed by atoms with Crippen molar-refractivity contribution in [3.8, 4) is 34.2 Å². The van der Waals surface area contributed by atoms with Gasteiger partial charge in [-0.2, -0.15) is 0 Å². The Kier molecular flexibility index (Phi) is 7.91. The van der Waals surface area contributed by atoms with Crippen LogP contribution >= 0.6 is 0 Å². The van der Waals surface area contributed by atoms with Gasteiger partial charge in [-0.05, 0) is 54.3 Å². The lowest BCUT2D eigenvalue weighted by Gasteiger charge is -2.14. The van der Waals surface area contributed by atoms with Crippen molar-refractivity contribution in [2.75, 3.05) is 0 Å². The van der Waals surface area contributed by atoms with E-state index in [1.165, 1.54) is 11.1 Å². The van der Waals surface area contributed by atoms with E-state index in [0.717, 1.165) is 74.0 Å². The van der Waals surface area contributed by atoms with E-state index in [1.807, 2.05) is 91.0 Å². The fraction of sp³-hybridized carbons (Fsp3) is 0.0435. The Morgan fingerprint density at radius 3 is 1.67 bits per heavy atom. The quantitative estimate of drug-likeness (QED) is 0.179. The molecule has 0 amide bonds. The lowest BCUT2D eigenvalue weighted by atomic mass is 9.94. The van der Waals surface area contributed by atoms with Crippen LogP contribution in [0.5, 0.6) is 0 Å². The predicted octanol–water partition coefficient (Wildman–Crippen LogP) is 11.5. The number of allylic oxidation sites excluding steroid dienone is 3. The third-order valence-corrected chi connectivity index (χ3v) is 9.25. The van der Waals surface area contributed by atoms with E-state index in [1.54, 1.807) is 0 Å². The molecule has 0 unspecified atom stereocenters. The van der Waals surface area contributed by atoms with E-state index in [9.17, 15) is 0 Å². The minimum absolute atomic E-state index is 0.601. The fourth-order valence-electron chi connectivity index (χ4n) is 6.73. The summed E-state index contributed by atoms with van der Waals surface area (Å²) in [5.74, 6) is 1.86. The lowest BCUT2D eigenvalue weighted by molar-refractivity contribution is 0.669. The molecule has 9 rings (SSSR count). The van der Waals surface area contributed by atoms with Crippen LogP contribution in [0.4, 0.5) is 0 Å². The van der Waals surface area contributed by atoms with Crippen LogP contribution < -0.4 is 0 Å². The zero-order valence-corrected chi connectivity index (χ0v) is 27.8. The number of hydrogen-bond acceptors (Lipinski definition) is 5. The van der Waals surface area contributed by atoms with Gasteiger partial charge in [-0.25, -0.2) is 19.9 Å². The molecular weight excluding hydrogens is 625 g/mol. The van der Waals surface area contributed by atoms with Gasteiger partial charge in [-0.3, -0.25) is 0 Å². The van der Waals surface area contributed by atoms with Crippen LogP contribution in [-0.2, 0) is 0 Å². The van der Waals surface area contributed by atoms with Gasteiger partial charge in [-0.15, -0.1) is 0 Å². The molecule has 0 atom stereocenters. The molecule has 0 N–H and O–H groups in total. The Bertz CT molecular complexity index is 2550. The van der Waals surface area contributed by atoms with Gasteiger partial charge in [0.05, 0.1) is 11.4 Å². The van der Waals surface area contributed by atoms with Crippen molar-refractivity contribution >= 4 is 38.9 Å². The van der Waals surface area contributed by atoms with Gasteiger partial charge in [-0.1, -0.05) is 140 Å². The fourth-order valence-corrected chi connectivity index (χ4v) is 6.73. The first-order valence-electron chi connectivity index (χ1n) is 17.2. The molecular formula is C46H32N4O. The maximum Gasteiger partial charge on any atom is 0.164 e. The molecule has 0 radical (unpaired) electrons. The minimum atomic E-state index is 0.601. The Labute approximate surface area is 296 Å². The van der Waals surface area contributed by atoms with E-state index >= 15 is 0 Å². The average Bonchev–Trinajstić information content (AvgIpc) is 3.58. The number of aromatic nitrogens is 3. The number of furan rings is 1. The molecule has 2 aromatic heterocycles. The van der Waals surface area contributed by atoms with Gasteiger partial charge in [0.25, 0.3) is 0 Å². The summed E-state index contributed by atoms with van der Waals surface area (Å²) in [5.41, 5.74) is 10.8. The van der Waals surface area contributed by atoms with Crippen LogP contribution in [0, 0.1) is 0 Å². The van der Waals surface area contributed by atoms with Gasteiger partial charge in [0, 0.05) is 38.6 Å². The Morgan fingerprint density at radius 1 is 0.471 bits per heavy atom. The summed E-state index contributed by atoms with van der Waals surface area (Å²) in [6.45, 7) is 0. The molecule has 1 aliphatic rings. The number of nitrogens with zero attached hydrogens (tertiary/aromatic N) is 4. The highest BCUT2D eigenvalue weighted by molar-refractivity contribution is 6.16. The summed E-state index contributed by atoms with van der Waals surface area (Å²) in [7, 11) is 0. The molecule has 0 aliphatic carbocycles. The summed E-state index contributed by atoms with van der Waals surface area (Å²) in [6, 6.07) is 53.5. The van der Waals surface area contributed by atoms with Crippen molar-refractivity contribution in [3.05, 3.63) is 187 Å². The number of benzene rings is 6. The summed E-state index contributed by atoms with van der Waals surface area (Å²) >= 11 is 0. The molecule has 0 saturated heterocycles. The lowest BCUT2D eigenvalue weighted by Crippen LogP contribution is -2.02. The van der Waals surface area contributed by atoms with E-state index in [4.69, 9.17) is 24.4 Å². The number of aliphatic imine (C=N–C) groups is 1. The summed E-state index contributed by atoms with van der Waals surface area (Å²) in [6.07, 6.45) is 6.27. The third kappa shape index (κ3) is 6.06. The second-order valence-corrected chi connectivity index (χ2v) is 12.6. The number of hydrogen-bond donors (Lipinski definition) is 0. The minimum Gasteiger partial charge on any atom is -0.456 e. The molecule has 0 spiro atoms. The maximum atomic E-state index is 6.46.